The van der Waals surface area contributed by atoms with Crippen molar-refractivity contribution >= 4 is 15.9 Å². The third kappa shape index (κ3) is 4.62. The predicted molar refractivity (Wildman–Crippen MR) is 84.7 cm³/mol. The van der Waals surface area contributed by atoms with Crippen molar-refractivity contribution in [1.82, 2.24) is 10.3 Å². The van der Waals surface area contributed by atoms with E-state index in [0.29, 0.717) is 6.61 Å². The summed E-state index contributed by atoms with van der Waals surface area (Å²) >= 11 is 3.56. The lowest BCUT2D eigenvalue weighted by Gasteiger charge is -2.10. The lowest BCUT2D eigenvalue weighted by Crippen LogP contribution is -2.13. The van der Waals surface area contributed by atoms with Crippen LogP contribution < -0.4 is 10.1 Å². The number of nitrogens with one attached hydrogen (secondary N) is 1. The van der Waals surface area contributed by atoms with Crippen LogP contribution in [0, 0.1) is 0 Å². The van der Waals surface area contributed by atoms with Gasteiger partial charge >= 0.3 is 0 Å². The van der Waals surface area contributed by atoms with Crippen molar-refractivity contribution in [3.05, 3.63) is 58.3 Å². The molecular weight excluding hydrogens is 316 g/mol. The predicted octanol–water partition coefficient (Wildman–Crippen LogP) is 3.92. The fraction of sp³-hybridized carbons (Fsp3) is 0.312. The van der Waals surface area contributed by atoms with Gasteiger partial charge in [0.2, 0.25) is 0 Å². The molecule has 1 heterocycles. The summed E-state index contributed by atoms with van der Waals surface area (Å²) in [5.41, 5.74) is 2.31. The zero-order chi connectivity index (χ0) is 14.2. The molecule has 2 aromatic rings. The molecule has 0 aliphatic carbocycles. The summed E-state index contributed by atoms with van der Waals surface area (Å²) in [6.07, 6.45) is 4.72. The number of ether oxygens (including phenoxy) is 1. The van der Waals surface area contributed by atoms with Crippen molar-refractivity contribution in [1.29, 1.82) is 0 Å². The Hall–Kier alpha value is -1.39. The summed E-state index contributed by atoms with van der Waals surface area (Å²) < 4.78 is 6.78. The van der Waals surface area contributed by atoms with Crippen LogP contribution in [0.3, 0.4) is 0 Å². The number of hydrogen-bond donors (Lipinski definition) is 1. The Balaban J connectivity index is 1.92. The third-order valence-electron chi connectivity index (χ3n) is 2.87. The number of hydrogen-bond acceptors (Lipinski definition) is 3. The minimum absolute atomic E-state index is 0.528. The van der Waals surface area contributed by atoms with Crippen LogP contribution in [0.1, 0.15) is 24.5 Å². The SMILES string of the molecule is CCCNCc1ccc(OCc2cccnc2)c(Br)c1. The fourth-order valence-electron chi connectivity index (χ4n) is 1.83. The summed E-state index contributed by atoms with van der Waals surface area (Å²) in [6.45, 7) is 4.62. The van der Waals surface area contributed by atoms with Crippen molar-refractivity contribution in [2.45, 2.75) is 26.5 Å². The molecule has 2 rings (SSSR count). The highest BCUT2D eigenvalue weighted by Gasteiger charge is 2.03. The van der Waals surface area contributed by atoms with Crippen LogP contribution in [0.25, 0.3) is 0 Å². The van der Waals surface area contributed by atoms with E-state index in [1.165, 1.54) is 5.56 Å². The number of aromatic nitrogens is 1. The van der Waals surface area contributed by atoms with Gasteiger partial charge in [-0.25, -0.2) is 0 Å². The van der Waals surface area contributed by atoms with Crippen LogP contribution in [-0.4, -0.2) is 11.5 Å². The van der Waals surface area contributed by atoms with Gasteiger partial charge in [-0.2, -0.15) is 0 Å². The van der Waals surface area contributed by atoms with E-state index in [-0.39, 0.29) is 0 Å². The summed E-state index contributed by atoms with van der Waals surface area (Å²) in [4.78, 5) is 4.08. The summed E-state index contributed by atoms with van der Waals surface area (Å²) in [5, 5.41) is 3.39. The third-order valence-corrected chi connectivity index (χ3v) is 3.49. The molecule has 0 unspecified atom stereocenters. The molecule has 1 N–H and O–H groups in total. The Morgan fingerprint density at radius 2 is 2.15 bits per heavy atom. The zero-order valence-electron chi connectivity index (χ0n) is 11.6. The van der Waals surface area contributed by atoms with Gasteiger partial charge in [-0.15, -0.1) is 0 Å². The molecule has 4 heteroatoms. The molecule has 0 amide bonds. The summed E-state index contributed by atoms with van der Waals surface area (Å²) in [7, 11) is 0. The number of rotatable bonds is 7. The number of nitrogens with zero attached hydrogens (tertiary/aromatic N) is 1. The molecule has 0 spiro atoms. The Kier molecular flexibility index (Phi) is 6.02. The second kappa shape index (κ2) is 8.02. The van der Waals surface area contributed by atoms with Crippen molar-refractivity contribution in [2.24, 2.45) is 0 Å². The lowest BCUT2D eigenvalue weighted by atomic mass is 10.2. The smallest absolute Gasteiger partial charge is 0.134 e. The summed E-state index contributed by atoms with van der Waals surface area (Å²) in [6, 6.07) is 10.1. The van der Waals surface area contributed by atoms with Gasteiger partial charge in [0.15, 0.2) is 0 Å². The number of benzene rings is 1. The van der Waals surface area contributed by atoms with Gasteiger partial charge in [0.1, 0.15) is 12.4 Å². The molecule has 1 aromatic carbocycles. The quantitative estimate of drug-likeness (QED) is 0.779. The zero-order valence-corrected chi connectivity index (χ0v) is 13.2. The highest BCUT2D eigenvalue weighted by atomic mass is 79.9. The Morgan fingerprint density at radius 1 is 1.25 bits per heavy atom. The maximum atomic E-state index is 5.80. The van der Waals surface area contributed by atoms with Gasteiger partial charge in [0, 0.05) is 24.5 Å². The number of pyridine rings is 1. The minimum atomic E-state index is 0.528. The van der Waals surface area contributed by atoms with E-state index in [1.54, 1.807) is 6.20 Å². The van der Waals surface area contributed by atoms with Gasteiger partial charge in [-0.3, -0.25) is 4.98 Å². The number of halogens is 1. The maximum Gasteiger partial charge on any atom is 0.134 e. The van der Waals surface area contributed by atoms with E-state index >= 15 is 0 Å². The van der Waals surface area contributed by atoms with Gasteiger partial charge < -0.3 is 10.1 Å². The van der Waals surface area contributed by atoms with E-state index < -0.39 is 0 Å². The molecule has 0 aliphatic rings. The first-order valence-electron chi connectivity index (χ1n) is 6.80. The van der Waals surface area contributed by atoms with Crippen molar-refractivity contribution in [2.75, 3.05) is 6.54 Å². The van der Waals surface area contributed by atoms with Crippen molar-refractivity contribution in [3.63, 3.8) is 0 Å². The standard InChI is InChI=1S/C16H19BrN2O/c1-2-7-18-10-13-5-6-16(15(17)9-13)20-12-14-4-3-8-19-11-14/h3-6,8-9,11,18H,2,7,10,12H2,1H3. The van der Waals surface area contributed by atoms with Crippen LogP contribution in [0.2, 0.25) is 0 Å². The molecular formula is C16H19BrN2O. The molecule has 20 heavy (non-hydrogen) atoms. The lowest BCUT2D eigenvalue weighted by molar-refractivity contribution is 0.303. The van der Waals surface area contributed by atoms with E-state index in [2.05, 4.69) is 45.3 Å². The minimum Gasteiger partial charge on any atom is -0.488 e. The summed E-state index contributed by atoms with van der Waals surface area (Å²) in [5.74, 6) is 0.855. The molecule has 0 radical (unpaired) electrons. The van der Waals surface area contributed by atoms with Crippen LogP contribution in [0.5, 0.6) is 5.75 Å². The molecule has 0 saturated carbocycles. The van der Waals surface area contributed by atoms with E-state index in [0.717, 1.165) is 35.3 Å². The van der Waals surface area contributed by atoms with Crippen LogP contribution in [-0.2, 0) is 13.2 Å². The monoisotopic (exact) mass is 334 g/mol. The molecule has 3 nitrogen and oxygen atoms in total. The first-order valence-corrected chi connectivity index (χ1v) is 7.59. The van der Waals surface area contributed by atoms with Crippen LogP contribution in [0.15, 0.2) is 47.2 Å². The van der Waals surface area contributed by atoms with Crippen molar-refractivity contribution in [3.8, 4) is 5.75 Å². The Morgan fingerprint density at radius 3 is 2.85 bits per heavy atom. The first kappa shape index (κ1) is 15.0. The topological polar surface area (TPSA) is 34.1 Å². The normalized spacial score (nSPS) is 10.5. The first-order chi connectivity index (χ1) is 9.79. The van der Waals surface area contributed by atoms with Gasteiger partial charge in [0.05, 0.1) is 4.47 Å². The largest absolute Gasteiger partial charge is 0.488 e. The van der Waals surface area contributed by atoms with Gasteiger partial charge in [0.25, 0.3) is 0 Å². The van der Waals surface area contributed by atoms with E-state index in [9.17, 15) is 0 Å². The molecule has 0 atom stereocenters. The molecule has 0 fully saturated rings. The second-order valence-electron chi connectivity index (χ2n) is 4.59. The second-order valence-corrected chi connectivity index (χ2v) is 5.45. The van der Waals surface area contributed by atoms with Crippen molar-refractivity contribution < 1.29 is 4.74 Å². The average Bonchev–Trinajstić information content (AvgIpc) is 2.48. The van der Waals surface area contributed by atoms with Gasteiger partial charge in [-0.1, -0.05) is 19.1 Å². The Labute approximate surface area is 128 Å². The fourth-order valence-corrected chi connectivity index (χ4v) is 2.37. The molecule has 106 valence electrons. The highest BCUT2D eigenvalue weighted by molar-refractivity contribution is 9.10. The van der Waals surface area contributed by atoms with E-state index in [1.807, 2.05) is 24.4 Å². The van der Waals surface area contributed by atoms with E-state index in [4.69, 9.17) is 4.74 Å². The molecule has 0 saturated heterocycles. The van der Waals surface area contributed by atoms with Crippen LogP contribution in [0.4, 0.5) is 0 Å². The van der Waals surface area contributed by atoms with Gasteiger partial charge in [-0.05, 0) is 52.7 Å². The molecule has 1 aromatic heterocycles. The van der Waals surface area contributed by atoms with Crippen LogP contribution >= 0.6 is 15.9 Å². The Bertz CT molecular complexity index is 531. The maximum absolute atomic E-state index is 5.80. The molecule has 0 aliphatic heterocycles. The highest BCUT2D eigenvalue weighted by Crippen LogP contribution is 2.26. The molecule has 0 bridgehead atoms. The average molecular weight is 335 g/mol.